The number of non-ortho nitro benzene ring substituents is 1. The Morgan fingerprint density at radius 1 is 0.829 bits per heavy atom. The summed E-state index contributed by atoms with van der Waals surface area (Å²) in [6.07, 6.45) is 0. The normalized spacial score (nSPS) is 18.7. The first-order valence-corrected chi connectivity index (χ1v) is 14.0. The van der Waals surface area contributed by atoms with E-state index < -0.39 is 0 Å². The molecule has 2 aliphatic rings. The van der Waals surface area contributed by atoms with E-state index in [-0.39, 0.29) is 22.6 Å². The van der Waals surface area contributed by atoms with Crippen LogP contribution in [0.3, 0.4) is 0 Å². The lowest BCUT2D eigenvalue weighted by atomic mass is 9.81. The average molecular weight is 543 g/mol. The molecule has 204 valence electrons. The number of nitro benzene ring substituents is 1. The second kappa shape index (κ2) is 10.3. The number of para-hydroxylation sites is 1. The first kappa shape index (κ1) is 25.2. The summed E-state index contributed by atoms with van der Waals surface area (Å²) in [5.74, 6) is 1.13. The highest BCUT2D eigenvalue weighted by atomic mass is 16.6. The Morgan fingerprint density at radius 2 is 1.59 bits per heavy atom. The summed E-state index contributed by atoms with van der Waals surface area (Å²) in [6.45, 7) is 5.67. The Balaban J connectivity index is 1.38. The fourth-order valence-corrected chi connectivity index (χ4v) is 6.43. The van der Waals surface area contributed by atoms with E-state index >= 15 is 0 Å². The van der Waals surface area contributed by atoms with Crippen LogP contribution in [0, 0.1) is 17.0 Å². The van der Waals surface area contributed by atoms with Crippen molar-refractivity contribution in [1.29, 1.82) is 0 Å². The van der Waals surface area contributed by atoms with Crippen LogP contribution >= 0.6 is 0 Å². The van der Waals surface area contributed by atoms with Crippen molar-refractivity contribution in [2.45, 2.75) is 18.9 Å². The number of ether oxygens (including phenoxy) is 1. The minimum absolute atomic E-state index is 0.0449. The molecule has 2 aliphatic heterocycles. The van der Waals surface area contributed by atoms with E-state index in [4.69, 9.17) is 9.72 Å². The van der Waals surface area contributed by atoms with Crippen molar-refractivity contribution in [3.05, 3.63) is 135 Å². The van der Waals surface area contributed by atoms with E-state index in [0.29, 0.717) is 16.8 Å². The number of hydrogen-bond acceptors (Lipinski definition) is 6. The second-order valence-electron chi connectivity index (χ2n) is 10.8. The molecule has 0 radical (unpaired) electrons. The fraction of sp³-hybridized carbons (Fsp3) is 0.206. The summed E-state index contributed by atoms with van der Waals surface area (Å²) < 4.78 is 6.57. The van der Waals surface area contributed by atoms with Gasteiger partial charge in [0, 0.05) is 61.0 Å². The predicted octanol–water partition coefficient (Wildman–Crippen LogP) is 7.25. The van der Waals surface area contributed by atoms with E-state index in [1.165, 1.54) is 11.3 Å². The molecule has 0 N–H and O–H groups in total. The molecule has 4 aromatic carbocycles. The molecular weight excluding hydrogens is 512 g/mol. The SMILES string of the molecule is Cc1cccc(N2CCN(C3c4ccccc4Oc4nc5cccc([N+](=O)[O-])c5cc4C3c3ccccc3)CC2)c1. The van der Waals surface area contributed by atoms with Crippen molar-refractivity contribution in [2.24, 2.45) is 0 Å². The molecule has 1 fully saturated rings. The van der Waals surface area contributed by atoms with Crippen LogP contribution in [-0.4, -0.2) is 41.0 Å². The summed E-state index contributed by atoms with van der Waals surface area (Å²) in [5.41, 5.74) is 6.20. The highest BCUT2D eigenvalue weighted by Crippen LogP contribution is 2.51. The zero-order chi connectivity index (χ0) is 27.9. The van der Waals surface area contributed by atoms with Crippen molar-refractivity contribution in [3.63, 3.8) is 0 Å². The van der Waals surface area contributed by atoms with E-state index in [2.05, 4.69) is 77.4 Å². The van der Waals surface area contributed by atoms with Gasteiger partial charge in [0.2, 0.25) is 5.88 Å². The molecule has 7 nitrogen and oxygen atoms in total. The Bertz CT molecular complexity index is 1750. The van der Waals surface area contributed by atoms with Crippen LogP contribution in [0.1, 0.15) is 34.2 Å². The predicted molar refractivity (Wildman–Crippen MR) is 161 cm³/mol. The van der Waals surface area contributed by atoms with Crippen LogP contribution in [0.25, 0.3) is 10.9 Å². The zero-order valence-electron chi connectivity index (χ0n) is 22.8. The van der Waals surface area contributed by atoms with E-state index in [9.17, 15) is 10.1 Å². The summed E-state index contributed by atoms with van der Waals surface area (Å²) in [4.78, 5) is 21.5. The summed E-state index contributed by atoms with van der Waals surface area (Å²) in [7, 11) is 0. The zero-order valence-corrected chi connectivity index (χ0v) is 22.8. The highest BCUT2D eigenvalue weighted by molar-refractivity contribution is 5.89. The molecular formula is C34H30N4O3. The fourth-order valence-electron chi connectivity index (χ4n) is 6.43. The molecule has 1 aromatic heterocycles. The van der Waals surface area contributed by atoms with E-state index in [1.807, 2.05) is 30.3 Å². The second-order valence-corrected chi connectivity index (χ2v) is 10.8. The van der Waals surface area contributed by atoms with Crippen LogP contribution in [0.4, 0.5) is 11.4 Å². The van der Waals surface area contributed by atoms with Gasteiger partial charge in [-0.1, -0.05) is 66.7 Å². The van der Waals surface area contributed by atoms with Crippen LogP contribution in [0.5, 0.6) is 11.6 Å². The first-order valence-electron chi connectivity index (χ1n) is 14.0. The third-order valence-corrected chi connectivity index (χ3v) is 8.35. The number of hydrogen-bond donors (Lipinski definition) is 0. The van der Waals surface area contributed by atoms with Gasteiger partial charge in [-0.25, -0.2) is 4.98 Å². The number of fused-ring (bicyclic) bond motifs is 3. The number of rotatable bonds is 4. The van der Waals surface area contributed by atoms with Crippen molar-refractivity contribution >= 4 is 22.3 Å². The van der Waals surface area contributed by atoms with Gasteiger partial charge < -0.3 is 9.64 Å². The lowest BCUT2D eigenvalue weighted by molar-refractivity contribution is -0.383. The van der Waals surface area contributed by atoms with Crippen LogP contribution in [-0.2, 0) is 0 Å². The molecule has 3 heterocycles. The average Bonchev–Trinajstić information content (AvgIpc) is 3.14. The summed E-state index contributed by atoms with van der Waals surface area (Å²) in [6, 6.07) is 34.2. The van der Waals surface area contributed by atoms with Gasteiger partial charge in [0.1, 0.15) is 5.75 Å². The lowest BCUT2D eigenvalue weighted by Crippen LogP contribution is -2.48. The summed E-state index contributed by atoms with van der Waals surface area (Å²) >= 11 is 0. The molecule has 0 aliphatic carbocycles. The van der Waals surface area contributed by atoms with E-state index in [0.717, 1.165) is 48.6 Å². The van der Waals surface area contributed by atoms with Gasteiger partial charge in [-0.05, 0) is 48.4 Å². The Labute approximate surface area is 238 Å². The van der Waals surface area contributed by atoms with Gasteiger partial charge in [0.15, 0.2) is 0 Å². The Hall–Kier alpha value is -4.75. The largest absolute Gasteiger partial charge is 0.438 e. The number of nitro groups is 1. The molecule has 7 heteroatoms. The smallest absolute Gasteiger partial charge is 0.278 e. The maximum atomic E-state index is 12.0. The monoisotopic (exact) mass is 542 g/mol. The number of anilines is 1. The third kappa shape index (κ3) is 4.58. The number of benzene rings is 4. The van der Waals surface area contributed by atoms with Gasteiger partial charge in [-0.15, -0.1) is 0 Å². The van der Waals surface area contributed by atoms with Gasteiger partial charge in [-0.3, -0.25) is 15.0 Å². The van der Waals surface area contributed by atoms with Gasteiger partial charge >= 0.3 is 0 Å². The molecule has 2 atom stereocenters. The standard InChI is InChI=1S/C34H30N4O3/c1-23-9-7-12-25(21-23)36-17-19-37(20-18-36)33-26-13-5-6-16-31(26)41-34-28(32(33)24-10-3-2-4-11-24)22-27-29(35-34)14-8-15-30(27)38(39)40/h2-16,21-22,32-33H,17-20H2,1H3. The molecule has 0 amide bonds. The molecule has 41 heavy (non-hydrogen) atoms. The van der Waals surface area contributed by atoms with Crippen molar-refractivity contribution in [3.8, 4) is 11.6 Å². The minimum Gasteiger partial charge on any atom is -0.438 e. The Morgan fingerprint density at radius 3 is 2.37 bits per heavy atom. The molecule has 1 saturated heterocycles. The van der Waals surface area contributed by atoms with Gasteiger partial charge in [0.05, 0.1) is 15.8 Å². The van der Waals surface area contributed by atoms with Crippen LogP contribution in [0.2, 0.25) is 0 Å². The van der Waals surface area contributed by atoms with Crippen LogP contribution < -0.4 is 9.64 Å². The minimum atomic E-state index is -0.331. The quantitative estimate of drug-likeness (QED) is 0.176. The molecule has 0 bridgehead atoms. The first-order chi connectivity index (χ1) is 20.1. The molecule has 7 rings (SSSR count). The molecule has 0 saturated carbocycles. The molecule has 0 spiro atoms. The highest BCUT2D eigenvalue weighted by Gasteiger charge is 2.39. The Kier molecular flexibility index (Phi) is 6.36. The maximum Gasteiger partial charge on any atom is 0.278 e. The van der Waals surface area contributed by atoms with Crippen molar-refractivity contribution < 1.29 is 9.66 Å². The number of aromatic nitrogens is 1. The maximum absolute atomic E-state index is 12.0. The van der Waals surface area contributed by atoms with Gasteiger partial charge in [-0.2, -0.15) is 0 Å². The van der Waals surface area contributed by atoms with E-state index in [1.54, 1.807) is 12.1 Å². The number of pyridine rings is 1. The van der Waals surface area contributed by atoms with Gasteiger partial charge in [0.25, 0.3) is 5.69 Å². The molecule has 2 unspecified atom stereocenters. The molecule has 5 aromatic rings. The number of nitrogens with zero attached hydrogens (tertiary/aromatic N) is 4. The van der Waals surface area contributed by atoms with Crippen molar-refractivity contribution in [1.82, 2.24) is 9.88 Å². The van der Waals surface area contributed by atoms with Crippen molar-refractivity contribution in [2.75, 3.05) is 31.1 Å². The topological polar surface area (TPSA) is 71.7 Å². The van der Waals surface area contributed by atoms with Crippen LogP contribution in [0.15, 0.2) is 103 Å². The third-order valence-electron chi connectivity index (χ3n) is 8.35. The summed E-state index contributed by atoms with van der Waals surface area (Å²) in [5, 5.41) is 12.5. The number of aryl methyl sites for hydroxylation is 1. The lowest BCUT2D eigenvalue weighted by Gasteiger charge is -2.43. The number of piperazine rings is 1.